The molecule has 0 unspecified atom stereocenters. The molecule has 72 valence electrons. The Morgan fingerprint density at radius 1 is 1.15 bits per heavy atom. The molecule has 1 rings (SSSR count). The molecule has 0 saturated heterocycles. The minimum Gasteiger partial charge on any atom is -0.450 e. The molecule has 8 heteroatoms. The second kappa shape index (κ2) is 5.80. The predicted molar refractivity (Wildman–Crippen MR) is 47.7 cm³/mol. The highest BCUT2D eigenvalue weighted by Gasteiger charge is 1.95. The average Bonchev–Trinajstić information content (AvgIpc) is 1.80. The molecular formula is C5H3Cl3N2O3. The fourth-order valence-corrected chi connectivity index (χ4v) is 1.06. The van der Waals surface area contributed by atoms with E-state index in [2.05, 4.69) is 9.97 Å². The van der Waals surface area contributed by atoms with Crippen molar-refractivity contribution in [2.45, 2.75) is 0 Å². The van der Waals surface area contributed by atoms with E-state index >= 15 is 0 Å². The van der Waals surface area contributed by atoms with E-state index < -0.39 is 6.16 Å². The van der Waals surface area contributed by atoms with Crippen LogP contribution in [0.3, 0.4) is 0 Å². The average molecular weight is 245 g/mol. The summed E-state index contributed by atoms with van der Waals surface area (Å²) in [6, 6.07) is 1.41. The molecule has 0 aromatic carbocycles. The summed E-state index contributed by atoms with van der Waals surface area (Å²) in [6.45, 7) is 0. The maximum atomic E-state index is 8.56. The normalized spacial score (nSPS) is 8.54. The molecule has 2 N–H and O–H groups in total. The summed E-state index contributed by atoms with van der Waals surface area (Å²) in [5.41, 5.74) is 0. The number of aromatic nitrogens is 2. The summed E-state index contributed by atoms with van der Waals surface area (Å²) in [6.07, 6.45) is -1.83. The van der Waals surface area contributed by atoms with Gasteiger partial charge in [0.05, 0.1) is 0 Å². The first-order chi connectivity index (χ1) is 5.91. The predicted octanol–water partition coefficient (Wildman–Crippen LogP) is 2.66. The molecule has 13 heavy (non-hydrogen) atoms. The van der Waals surface area contributed by atoms with Gasteiger partial charge < -0.3 is 10.2 Å². The lowest BCUT2D eigenvalue weighted by Crippen LogP contribution is -1.81. The molecule has 0 amide bonds. The minimum absolute atomic E-state index is 0.0625. The third kappa shape index (κ3) is 7.58. The van der Waals surface area contributed by atoms with Crippen LogP contribution < -0.4 is 0 Å². The summed E-state index contributed by atoms with van der Waals surface area (Å²) in [7, 11) is 0. The van der Waals surface area contributed by atoms with E-state index in [4.69, 9.17) is 49.8 Å². The standard InChI is InChI=1S/C4HCl3N2.CH2O3/c5-2-1-3(6)9-4(7)8-2;2-1(3)4/h1H;(H2,2,3,4). The van der Waals surface area contributed by atoms with E-state index in [1.807, 2.05) is 0 Å². The third-order valence-corrected chi connectivity index (χ3v) is 1.19. The van der Waals surface area contributed by atoms with E-state index in [0.29, 0.717) is 0 Å². The van der Waals surface area contributed by atoms with Crippen molar-refractivity contribution in [1.82, 2.24) is 9.97 Å². The first-order valence-corrected chi connectivity index (χ1v) is 3.82. The molecule has 0 aliphatic carbocycles. The zero-order valence-electron chi connectivity index (χ0n) is 5.91. The van der Waals surface area contributed by atoms with E-state index in [0.717, 1.165) is 0 Å². The van der Waals surface area contributed by atoms with Crippen LogP contribution >= 0.6 is 34.8 Å². The van der Waals surface area contributed by atoms with Gasteiger partial charge in [-0.3, -0.25) is 0 Å². The summed E-state index contributed by atoms with van der Waals surface area (Å²) in [5.74, 6) is 0. The number of carboxylic acid groups (broad SMARTS) is 2. The Morgan fingerprint density at radius 2 is 1.46 bits per heavy atom. The van der Waals surface area contributed by atoms with Crippen molar-refractivity contribution in [1.29, 1.82) is 0 Å². The molecule has 1 heterocycles. The topological polar surface area (TPSA) is 83.3 Å². The van der Waals surface area contributed by atoms with Gasteiger partial charge in [0.1, 0.15) is 10.3 Å². The molecule has 1 aromatic heterocycles. The minimum atomic E-state index is -1.83. The van der Waals surface area contributed by atoms with Crippen molar-refractivity contribution in [3.05, 3.63) is 21.7 Å². The first-order valence-electron chi connectivity index (χ1n) is 2.69. The van der Waals surface area contributed by atoms with Crippen LogP contribution in [-0.4, -0.2) is 26.3 Å². The van der Waals surface area contributed by atoms with Crippen LogP contribution in [0.1, 0.15) is 0 Å². The number of hydrogen-bond donors (Lipinski definition) is 2. The molecule has 0 radical (unpaired) electrons. The number of rotatable bonds is 0. The van der Waals surface area contributed by atoms with Gasteiger partial charge in [-0.2, -0.15) is 0 Å². The van der Waals surface area contributed by atoms with Gasteiger partial charge in [-0.15, -0.1) is 0 Å². The fraction of sp³-hybridized carbons (Fsp3) is 0. The SMILES string of the molecule is Clc1cc(Cl)nc(Cl)n1.O=C(O)O. The van der Waals surface area contributed by atoms with Crippen molar-refractivity contribution in [2.24, 2.45) is 0 Å². The van der Waals surface area contributed by atoms with E-state index in [9.17, 15) is 0 Å². The maximum absolute atomic E-state index is 8.56. The van der Waals surface area contributed by atoms with Crippen LogP contribution in [0.2, 0.25) is 15.6 Å². The zero-order valence-corrected chi connectivity index (χ0v) is 8.18. The van der Waals surface area contributed by atoms with Gasteiger partial charge in [0.15, 0.2) is 0 Å². The summed E-state index contributed by atoms with van der Waals surface area (Å²) in [5, 5.41) is 14.5. The Morgan fingerprint density at radius 3 is 1.69 bits per heavy atom. The van der Waals surface area contributed by atoms with Gasteiger partial charge in [-0.05, 0) is 11.6 Å². The molecule has 0 aliphatic heterocycles. The third-order valence-electron chi connectivity index (χ3n) is 0.636. The Bertz CT molecular complexity index is 253. The highest BCUT2D eigenvalue weighted by molar-refractivity contribution is 6.35. The fourth-order valence-electron chi connectivity index (χ4n) is 0.364. The van der Waals surface area contributed by atoms with E-state index in [-0.39, 0.29) is 15.6 Å². The van der Waals surface area contributed by atoms with Crippen LogP contribution in [0.4, 0.5) is 4.79 Å². The Labute approximate surface area is 87.9 Å². The maximum Gasteiger partial charge on any atom is 0.503 e. The summed E-state index contributed by atoms with van der Waals surface area (Å²) < 4.78 is 0. The molecule has 5 nitrogen and oxygen atoms in total. The largest absolute Gasteiger partial charge is 0.503 e. The quantitative estimate of drug-likeness (QED) is 0.542. The Kier molecular flexibility index (Phi) is 5.45. The second-order valence-electron chi connectivity index (χ2n) is 1.56. The van der Waals surface area contributed by atoms with Crippen LogP contribution in [0, 0.1) is 0 Å². The van der Waals surface area contributed by atoms with Crippen molar-refractivity contribution in [3.8, 4) is 0 Å². The van der Waals surface area contributed by atoms with Gasteiger partial charge in [-0.25, -0.2) is 14.8 Å². The van der Waals surface area contributed by atoms with Gasteiger partial charge in [0.2, 0.25) is 5.28 Å². The first kappa shape index (κ1) is 12.2. The van der Waals surface area contributed by atoms with Crippen molar-refractivity contribution < 1.29 is 15.0 Å². The van der Waals surface area contributed by atoms with Crippen LogP contribution in [0.15, 0.2) is 6.07 Å². The molecule has 1 aromatic rings. The highest BCUT2D eigenvalue weighted by atomic mass is 35.5. The molecule has 0 spiro atoms. The molecule has 0 aliphatic rings. The Hall–Kier alpha value is -0.780. The lowest BCUT2D eigenvalue weighted by atomic mass is 10.7. The summed E-state index contributed by atoms with van der Waals surface area (Å²) in [4.78, 5) is 15.7. The van der Waals surface area contributed by atoms with Gasteiger partial charge >= 0.3 is 6.16 Å². The number of halogens is 3. The molecule has 0 saturated carbocycles. The monoisotopic (exact) mass is 244 g/mol. The van der Waals surface area contributed by atoms with Crippen molar-refractivity contribution in [3.63, 3.8) is 0 Å². The van der Waals surface area contributed by atoms with Crippen LogP contribution in [0.5, 0.6) is 0 Å². The Balaban J connectivity index is 0.000000310. The molecule has 0 bridgehead atoms. The second-order valence-corrected chi connectivity index (χ2v) is 2.68. The lowest BCUT2D eigenvalue weighted by molar-refractivity contribution is 0.137. The van der Waals surface area contributed by atoms with Crippen LogP contribution in [-0.2, 0) is 0 Å². The van der Waals surface area contributed by atoms with Gasteiger partial charge in [0, 0.05) is 6.07 Å². The lowest BCUT2D eigenvalue weighted by Gasteiger charge is -1.89. The zero-order chi connectivity index (χ0) is 10.4. The molecule has 0 fully saturated rings. The number of nitrogens with zero attached hydrogens (tertiary/aromatic N) is 2. The van der Waals surface area contributed by atoms with E-state index in [1.165, 1.54) is 6.07 Å². The molecule has 0 atom stereocenters. The van der Waals surface area contributed by atoms with Crippen molar-refractivity contribution in [2.75, 3.05) is 0 Å². The van der Waals surface area contributed by atoms with E-state index in [1.54, 1.807) is 0 Å². The van der Waals surface area contributed by atoms with Crippen molar-refractivity contribution >= 4 is 41.0 Å². The molecular weight excluding hydrogens is 242 g/mol. The summed E-state index contributed by atoms with van der Waals surface area (Å²) >= 11 is 16.2. The van der Waals surface area contributed by atoms with Crippen LogP contribution in [0.25, 0.3) is 0 Å². The van der Waals surface area contributed by atoms with Gasteiger partial charge in [-0.1, -0.05) is 23.2 Å². The highest BCUT2D eigenvalue weighted by Crippen LogP contribution is 2.13. The number of hydrogen-bond acceptors (Lipinski definition) is 3. The van der Waals surface area contributed by atoms with Gasteiger partial charge in [0.25, 0.3) is 0 Å². The smallest absolute Gasteiger partial charge is 0.450 e. The number of carbonyl (C=O) groups is 1.